The molecular weight excluding hydrogens is 314 g/mol. The number of H-pyrrole nitrogens is 2. The van der Waals surface area contributed by atoms with Gasteiger partial charge in [-0.2, -0.15) is 0 Å². The van der Waals surface area contributed by atoms with Crippen molar-refractivity contribution in [3.8, 4) is 0 Å². The molecule has 3 aromatic rings. The van der Waals surface area contributed by atoms with Gasteiger partial charge in [0.1, 0.15) is 5.69 Å². The highest BCUT2D eigenvalue weighted by molar-refractivity contribution is 5.80. The molecule has 0 aliphatic rings. The molecule has 0 unspecified atom stereocenters. The molecule has 0 radical (unpaired) electrons. The van der Waals surface area contributed by atoms with E-state index in [1.807, 2.05) is 25.1 Å². The van der Waals surface area contributed by atoms with E-state index < -0.39 is 0 Å². The molecule has 0 aliphatic carbocycles. The van der Waals surface area contributed by atoms with Crippen LogP contribution in [0.15, 0.2) is 46.1 Å². The molecule has 3 rings (SSSR count). The third-order valence-electron chi connectivity index (χ3n) is 4.30. The Labute approximate surface area is 146 Å². The summed E-state index contributed by atoms with van der Waals surface area (Å²) in [6, 6.07) is 9.75. The lowest BCUT2D eigenvalue weighted by molar-refractivity contribution is 0.591. The number of fused-ring (bicyclic) bond motifs is 1. The number of rotatable bonds is 3. The van der Waals surface area contributed by atoms with Crippen LogP contribution >= 0.6 is 0 Å². The Balaban J connectivity index is 1.95. The molecule has 0 saturated carbocycles. The number of hydrogen-bond acceptors (Lipinski definition) is 3. The minimum absolute atomic E-state index is 0.0393. The Kier molecular flexibility index (Phi) is 4.25. The van der Waals surface area contributed by atoms with Crippen LogP contribution in [0.2, 0.25) is 0 Å². The Bertz CT molecular complexity index is 1040. The fraction of sp³-hybridized carbons (Fsp3) is 0.300. The average molecular weight is 337 g/mol. The minimum Gasteiger partial charge on any atom is -0.376 e. The first-order valence-corrected chi connectivity index (χ1v) is 8.34. The first-order valence-electron chi connectivity index (χ1n) is 8.34. The number of aryl methyl sites for hydroxylation is 1. The summed E-state index contributed by atoms with van der Waals surface area (Å²) in [6.45, 7) is 8.67. The van der Waals surface area contributed by atoms with Crippen molar-refractivity contribution in [3.05, 3.63) is 73.9 Å². The molecule has 5 nitrogen and oxygen atoms in total. The third-order valence-corrected chi connectivity index (χ3v) is 4.30. The maximum Gasteiger partial charge on any atom is 0.271 e. The van der Waals surface area contributed by atoms with Gasteiger partial charge < -0.3 is 15.3 Å². The van der Waals surface area contributed by atoms with Gasteiger partial charge in [0.05, 0.1) is 0 Å². The molecule has 0 atom stereocenters. The normalized spacial score (nSPS) is 11.7. The van der Waals surface area contributed by atoms with E-state index in [4.69, 9.17) is 0 Å². The van der Waals surface area contributed by atoms with Crippen LogP contribution in [0.5, 0.6) is 0 Å². The summed E-state index contributed by atoms with van der Waals surface area (Å²) in [5, 5.41) is 4.04. The molecule has 0 fully saturated rings. The van der Waals surface area contributed by atoms with E-state index in [9.17, 15) is 9.59 Å². The molecule has 130 valence electrons. The molecular formula is C20H23N3O2. The van der Waals surface area contributed by atoms with Gasteiger partial charge in [0, 0.05) is 23.8 Å². The summed E-state index contributed by atoms with van der Waals surface area (Å²) >= 11 is 0. The molecule has 5 heteroatoms. The standard InChI is InChI=1S/C20H23N3O2/c1-12-7-17(19(25)22-10-12)21-11-14-8-13-9-15(20(2,3)4)5-6-16(13)23-18(14)24/h5-10,21H,11H2,1-4H3,(H,22,25)(H,23,24). The molecule has 2 aromatic heterocycles. The van der Waals surface area contributed by atoms with E-state index in [1.54, 1.807) is 12.3 Å². The summed E-state index contributed by atoms with van der Waals surface area (Å²) in [6.07, 6.45) is 1.66. The number of hydrogen-bond donors (Lipinski definition) is 3. The maximum atomic E-state index is 12.3. The molecule has 0 amide bonds. The number of pyridine rings is 2. The Hall–Kier alpha value is -2.82. The molecule has 3 N–H and O–H groups in total. The van der Waals surface area contributed by atoms with Crippen LogP contribution in [0.25, 0.3) is 10.9 Å². The van der Waals surface area contributed by atoms with Gasteiger partial charge in [-0.25, -0.2) is 0 Å². The van der Waals surface area contributed by atoms with Crippen LogP contribution in [-0.2, 0) is 12.0 Å². The highest BCUT2D eigenvalue weighted by Crippen LogP contribution is 2.25. The van der Waals surface area contributed by atoms with Crippen molar-refractivity contribution in [3.63, 3.8) is 0 Å². The predicted molar refractivity (Wildman–Crippen MR) is 102 cm³/mol. The first-order chi connectivity index (χ1) is 11.7. The second-order valence-electron chi connectivity index (χ2n) is 7.45. The molecule has 25 heavy (non-hydrogen) atoms. The second kappa shape index (κ2) is 6.24. The number of aromatic amines is 2. The minimum atomic E-state index is -0.196. The maximum absolute atomic E-state index is 12.3. The van der Waals surface area contributed by atoms with E-state index in [0.29, 0.717) is 11.3 Å². The third kappa shape index (κ3) is 3.65. The van der Waals surface area contributed by atoms with Gasteiger partial charge in [-0.1, -0.05) is 26.8 Å². The van der Waals surface area contributed by atoms with Crippen molar-refractivity contribution in [2.45, 2.75) is 39.7 Å². The summed E-state index contributed by atoms with van der Waals surface area (Å²) in [7, 11) is 0. The molecule has 2 heterocycles. The van der Waals surface area contributed by atoms with Crippen molar-refractivity contribution in [1.82, 2.24) is 9.97 Å². The van der Waals surface area contributed by atoms with Crippen LogP contribution in [0.3, 0.4) is 0 Å². The predicted octanol–water partition coefficient (Wildman–Crippen LogP) is 3.43. The largest absolute Gasteiger partial charge is 0.376 e. The summed E-state index contributed by atoms with van der Waals surface area (Å²) in [4.78, 5) is 29.7. The van der Waals surface area contributed by atoms with Crippen molar-refractivity contribution in [2.75, 3.05) is 5.32 Å². The zero-order valence-corrected chi connectivity index (χ0v) is 15.0. The van der Waals surface area contributed by atoms with Gasteiger partial charge in [0.25, 0.3) is 11.1 Å². The monoisotopic (exact) mass is 337 g/mol. The summed E-state index contributed by atoms with van der Waals surface area (Å²) < 4.78 is 0. The number of aromatic nitrogens is 2. The van der Waals surface area contributed by atoms with E-state index in [2.05, 4.69) is 42.1 Å². The highest BCUT2D eigenvalue weighted by Gasteiger charge is 2.14. The van der Waals surface area contributed by atoms with Crippen LogP contribution in [0.4, 0.5) is 5.69 Å². The second-order valence-corrected chi connectivity index (χ2v) is 7.45. The average Bonchev–Trinajstić information content (AvgIpc) is 2.54. The van der Waals surface area contributed by atoms with Gasteiger partial charge in [0.15, 0.2) is 0 Å². The van der Waals surface area contributed by atoms with Crippen molar-refractivity contribution in [1.29, 1.82) is 0 Å². The van der Waals surface area contributed by atoms with Crippen LogP contribution in [-0.4, -0.2) is 9.97 Å². The van der Waals surface area contributed by atoms with Crippen LogP contribution in [0.1, 0.15) is 37.5 Å². The number of benzene rings is 1. The number of nitrogens with one attached hydrogen (secondary N) is 3. The van der Waals surface area contributed by atoms with Crippen LogP contribution < -0.4 is 16.4 Å². The summed E-state index contributed by atoms with van der Waals surface area (Å²) in [5.41, 5.74) is 3.73. The summed E-state index contributed by atoms with van der Waals surface area (Å²) in [5.74, 6) is 0. The Morgan fingerprint density at radius 1 is 1.04 bits per heavy atom. The zero-order valence-electron chi connectivity index (χ0n) is 15.0. The van der Waals surface area contributed by atoms with E-state index >= 15 is 0 Å². The van der Waals surface area contributed by atoms with Gasteiger partial charge in [-0.05, 0) is 53.1 Å². The quantitative estimate of drug-likeness (QED) is 0.685. The van der Waals surface area contributed by atoms with E-state index in [-0.39, 0.29) is 23.1 Å². The smallest absolute Gasteiger partial charge is 0.271 e. The Morgan fingerprint density at radius 3 is 2.52 bits per heavy atom. The van der Waals surface area contributed by atoms with Crippen molar-refractivity contribution in [2.24, 2.45) is 0 Å². The van der Waals surface area contributed by atoms with Gasteiger partial charge >= 0.3 is 0 Å². The fourth-order valence-electron chi connectivity index (χ4n) is 2.76. The molecule has 0 bridgehead atoms. The molecule has 1 aromatic carbocycles. The zero-order chi connectivity index (χ0) is 18.2. The van der Waals surface area contributed by atoms with Crippen molar-refractivity contribution >= 4 is 16.6 Å². The highest BCUT2D eigenvalue weighted by atomic mass is 16.1. The molecule has 0 spiro atoms. The SMILES string of the molecule is Cc1c[nH]c(=O)c(NCc2cc3cc(C(C)(C)C)ccc3[nH]c2=O)c1. The lowest BCUT2D eigenvalue weighted by Crippen LogP contribution is -2.19. The lowest BCUT2D eigenvalue weighted by atomic mass is 9.86. The molecule has 0 saturated heterocycles. The van der Waals surface area contributed by atoms with E-state index in [1.165, 1.54) is 5.56 Å². The topological polar surface area (TPSA) is 77.8 Å². The lowest BCUT2D eigenvalue weighted by Gasteiger charge is -2.19. The van der Waals surface area contributed by atoms with Gasteiger partial charge in [0.2, 0.25) is 0 Å². The van der Waals surface area contributed by atoms with Gasteiger partial charge in [-0.15, -0.1) is 0 Å². The van der Waals surface area contributed by atoms with Crippen molar-refractivity contribution < 1.29 is 0 Å². The molecule has 0 aliphatic heterocycles. The number of anilines is 1. The first kappa shape index (κ1) is 17.0. The van der Waals surface area contributed by atoms with Crippen LogP contribution in [0, 0.1) is 6.92 Å². The van der Waals surface area contributed by atoms with Gasteiger partial charge in [-0.3, -0.25) is 9.59 Å². The Morgan fingerprint density at radius 2 is 1.80 bits per heavy atom. The van der Waals surface area contributed by atoms with E-state index in [0.717, 1.165) is 16.5 Å². The fourth-order valence-corrected chi connectivity index (χ4v) is 2.76.